The van der Waals surface area contributed by atoms with Crippen molar-refractivity contribution in [3.63, 3.8) is 0 Å². The van der Waals surface area contributed by atoms with E-state index < -0.39 is 0 Å². The fourth-order valence-electron chi connectivity index (χ4n) is 3.57. The molecule has 0 N–H and O–H groups in total. The van der Waals surface area contributed by atoms with Crippen LogP contribution in [0.15, 0.2) is 102 Å². The predicted molar refractivity (Wildman–Crippen MR) is 129 cm³/mol. The van der Waals surface area contributed by atoms with Crippen molar-refractivity contribution < 1.29 is 30.5 Å². The van der Waals surface area contributed by atoms with Crippen LogP contribution in [-0.4, -0.2) is 21.0 Å². The molecule has 0 bridgehead atoms. The summed E-state index contributed by atoms with van der Waals surface area (Å²) in [6.45, 7) is 0. The second-order valence-electron chi connectivity index (χ2n) is 7.40. The van der Waals surface area contributed by atoms with Crippen molar-refractivity contribution >= 4 is 23.3 Å². The first-order valence-corrected chi connectivity index (χ1v) is 11.3. The van der Waals surface area contributed by atoms with Crippen molar-refractivity contribution in [2.45, 2.75) is 4.90 Å². The van der Waals surface area contributed by atoms with Crippen molar-refractivity contribution in [2.24, 2.45) is 0 Å². The molecule has 3 aromatic carbocycles. The number of fused-ring (bicyclic) bond motifs is 1. The minimum absolute atomic E-state index is 0. The molecule has 0 fully saturated rings. The summed E-state index contributed by atoms with van der Waals surface area (Å²) in [5, 5.41) is 4.47. The molecule has 0 unspecified atom stereocenters. The van der Waals surface area contributed by atoms with Gasteiger partial charge in [0.15, 0.2) is 0 Å². The van der Waals surface area contributed by atoms with E-state index >= 15 is 0 Å². The Morgan fingerprint density at radius 2 is 1.71 bits per heavy atom. The molecule has 0 saturated heterocycles. The zero-order valence-electron chi connectivity index (χ0n) is 17.7. The van der Waals surface area contributed by atoms with Gasteiger partial charge in [-0.15, -0.1) is 47.4 Å². The number of aromatic nitrogens is 3. The topological polar surface area (TPSA) is 49.2 Å². The Bertz CT molecular complexity index is 1410. The maximum atomic E-state index is 6.08. The molecule has 0 spiro atoms. The van der Waals surface area contributed by atoms with Crippen LogP contribution in [0.25, 0.3) is 16.8 Å². The summed E-state index contributed by atoms with van der Waals surface area (Å²) >= 11 is 1.67. The monoisotopic (exact) mass is 640 g/mol. The first-order valence-electron chi connectivity index (χ1n) is 10.4. The van der Waals surface area contributed by atoms with E-state index in [9.17, 15) is 0 Å². The van der Waals surface area contributed by atoms with Crippen molar-refractivity contribution in [3.05, 3.63) is 110 Å². The number of hydrogen-bond acceptors (Lipinski definition) is 5. The first-order chi connectivity index (χ1) is 16.3. The predicted octanol–water partition coefficient (Wildman–Crippen LogP) is 5.20. The molecule has 5 nitrogen and oxygen atoms in total. The zero-order chi connectivity index (χ0) is 22.0. The molecule has 2 aromatic heterocycles. The van der Waals surface area contributed by atoms with Crippen LogP contribution in [0.5, 0.6) is 17.2 Å². The van der Waals surface area contributed by atoms with E-state index in [0.29, 0.717) is 11.5 Å². The molecule has 1 aliphatic heterocycles. The van der Waals surface area contributed by atoms with Crippen LogP contribution in [0.4, 0.5) is 0 Å². The second kappa shape index (κ2) is 9.92. The molecule has 166 valence electrons. The Morgan fingerprint density at radius 1 is 0.853 bits per heavy atom. The van der Waals surface area contributed by atoms with Crippen molar-refractivity contribution in [1.29, 1.82) is 0 Å². The van der Waals surface area contributed by atoms with Gasteiger partial charge in [-0.3, -0.25) is 9.67 Å². The van der Waals surface area contributed by atoms with Gasteiger partial charge in [-0.2, -0.15) is 23.3 Å². The van der Waals surface area contributed by atoms with Gasteiger partial charge >= 0.3 is 27.3 Å². The molecule has 1 aliphatic rings. The van der Waals surface area contributed by atoms with Crippen LogP contribution in [-0.2, 0) is 21.1 Å². The van der Waals surface area contributed by atoms with Crippen molar-refractivity contribution in [3.8, 4) is 34.1 Å². The second-order valence-corrected chi connectivity index (χ2v) is 8.51. The molecular weight excluding hydrogens is 624 g/mol. The third-order valence-electron chi connectivity index (χ3n) is 5.16. The number of pyridine rings is 1. The maximum Gasteiger partial charge on any atom is 2.00 e. The molecule has 0 amide bonds. The summed E-state index contributed by atoms with van der Waals surface area (Å²) in [6.07, 6.45) is 7.19. The Hall–Kier alpha value is -3.28. The summed E-state index contributed by atoms with van der Waals surface area (Å²) in [6, 6.07) is 30.1. The molecule has 34 heavy (non-hydrogen) atoms. The third-order valence-corrected chi connectivity index (χ3v) is 6.31. The van der Waals surface area contributed by atoms with Crippen LogP contribution in [0.3, 0.4) is 0 Å². The molecule has 8 heteroatoms. The quantitative estimate of drug-likeness (QED) is 0.195. The first kappa shape index (κ1) is 22.5. The maximum absolute atomic E-state index is 6.08. The number of para-hydroxylation sites is 1. The van der Waals surface area contributed by atoms with E-state index in [1.54, 1.807) is 22.5 Å². The summed E-state index contributed by atoms with van der Waals surface area (Å²) in [5.74, 6) is 2.10. The van der Waals surface area contributed by atoms with E-state index in [4.69, 9.17) is 9.39 Å². The number of nitrogens with zero attached hydrogens (tertiary/aromatic N) is 3. The fourth-order valence-corrected chi connectivity index (χ4v) is 4.61. The summed E-state index contributed by atoms with van der Waals surface area (Å²) in [5.41, 5.74) is 3.71. The van der Waals surface area contributed by atoms with Crippen LogP contribution >= 0.6 is 11.6 Å². The fraction of sp³-hybridized carbons (Fsp3) is 0. The number of benzene rings is 3. The van der Waals surface area contributed by atoms with Gasteiger partial charge in [0, 0.05) is 46.1 Å². The molecular formula is C26H16BN3O2PtS. The Balaban J connectivity index is 0.00000241. The van der Waals surface area contributed by atoms with Crippen LogP contribution in [0, 0.1) is 12.1 Å². The SMILES string of the molecule is [Pt+2].[c-]1c(Oc2[c-]c(-n3cc(-c4cccnc4)cn3)ccc2)cccc1B1Oc2ccccc2S1. The van der Waals surface area contributed by atoms with Crippen LogP contribution in [0.1, 0.15) is 0 Å². The van der Waals surface area contributed by atoms with E-state index in [1.165, 1.54) is 0 Å². The minimum atomic E-state index is -0.142. The average molecular weight is 640 g/mol. The average Bonchev–Trinajstić information content (AvgIpc) is 3.53. The minimum Gasteiger partial charge on any atom is -0.547 e. The summed E-state index contributed by atoms with van der Waals surface area (Å²) in [7, 11) is 0. The van der Waals surface area contributed by atoms with Gasteiger partial charge in [-0.1, -0.05) is 18.2 Å². The molecule has 3 heterocycles. The van der Waals surface area contributed by atoms with Gasteiger partial charge in [0.1, 0.15) is 5.75 Å². The van der Waals surface area contributed by atoms with E-state index in [2.05, 4.69) is 28.3 Å². The van der Waals surface area contributed by atoms with E-state index in [-0.39, 0.29) is 27.3 Å². The molecule has 6 rings (SSSR count). The summed E-state index contributed by atoms with van der Waals surface area (Å²) in [4.78, 5) is 5.31. The number of ether oxygens (including phenoxy) is 1. The zero-order valence-corrected chi connectivity index (χ0v) is 20.8. The Kier molecular flexibility index (Phi) is 6.57. The van der Waals surface area contributed by atoms with Gasteiger partial charge in [0.25, 0.3) is 0 Å². The van der Waals surface area contributed by atoms with Crippen LogP contribution in [0.2, 0.25) is 0 Å². The number of rotatable bonds is 5. The largest absolute Gasteiger partial charge is 2.00 e. The normalized spacial score (nSPS) is 11.9. The molecule has 0 aliphatic carbocycles. The van der Waals surface area contributed by atoms with Crippen molar-refractivity contribution in [2.75, 3.05) is 0 Å². The van der Waals surface area contributed by atoms with E-state index in [0.717, 1.165) is 32.9 Å². The Morgan fingerprint density at radius 3 is 2.56 bits per heavy atom. The Labute approximate surface area is 216 Å². The summed E-state index contributed by atoms with van der Waals surface area (Å²) < 4.78 is 13.9. The van der Waals surface area contributed by atoms with Crippen molar-refractivity contribution in [1.82, 2.24) is 14.8 Å². The standard InChI is InChI=1S/C26H16BN3O2S.Pt/c1-2-12-26-25(11-1)32-27(33-26)21-7-3-9-23(14-21)31-24-10-4-8-22(15-24)30-18-20(17-29-30)19-6-5-13-28-16-19;/h1-13,16-18H;/q-2;+2. The molecule has 5 aromatic rings. The third kappa shape index (κ3) is 4.67. The van der Waals surface area contributed by atoms with Gasteiger partial charge in [0.2, 0.25) is 0 Å². The molecule has 0 saturated carbocycles. The van der Waals surface area contributed by atoms with Gasteiger partial charge < -0.3 is 9.39 Å². The smallest absolute Gasteiger partial charge is 0.547 e. The molecule has 0 radical (unpaired) electrons. The van der Waals surface area contributed by atoms with Gasteiger partial charge in [-0.05, 0) is 23.9 Å². The number of hydrogen-bond donors (Lipinski definition) is 0. The van der Waals surface area contributed by atoms with Crippen LogP contribution < -0.4 is 14.9 Å². The van der Waals surface area contributed by atoms with E-state index in [1.807, 2.05) is 85.3 Å². The molecule has 0 atom stereocenters. The van der Waals surface area contributed by atoms with Gasteiger partial charge in [0.05, 0.1) is 6.20 Å². The van der Waals surface area contributed by atoms with Gasteiger partial charge in [-0.25, -0.2) is 0 Å².